The number of benzene rings is 1. The van der Waals surface area contributed by atoms with Crippen molar-refractivity contribution in [1.82, 2.24) is 4.98 Å². The lowest BCUT2D eigenvalue weighted by molar-refractivity contribution is 0.0594. The lowest BCUT2D eigenvalue weighted by atomic mass is 10.3. The van der Waals surface area contributed by atoms with Crippen LogP contribution in [0.2, 0.25) is 0 Å². The van der Waals surface area contributed by atoms with Crippen LogP contribution in [0.5, 0.6) is 0 Å². The Labute approximate surface area is 99.6 Å². The molecule has 0 unspecified atom stereocenters. The van der Waals surface area contributed by atoms with E-state index >= 15 is 0 Å². The second-order valence-electron chi connectivity index (χ2n) is 3.61. The topological polar surface area (TPSA) is 54.1 Å². The van der Waals surface area contributed by atoms with Crippen LogP contribution in [0.25, 0.3) is 0 Å². The number of rotatable bonds is 4. The van der Waals surface area contributed by atoms with Gasteiger partial charge in [0.25, 0.3) is 0 Å². The van der Waals surface area contributed by atoms with E-state index < -0.39 is 0 Å². The van der Waals surface area contributed by atoms with Gasteiger partial charge in [0.05, 0.1) is 13.7 Å². The van der Waals surface area contributed by atoms with Gasteiger partial charge in [0.2, 0.25) is 0 Å². The minimum atomic E-state index is -0.351. The first kappa shape index (κ1) is 11.3. The average molecular weight is 230 g/mol. The maximum Gasteiger partial charge on any atom is 0.354 e. The fourth-order valence-electron chi connectivity index (χ4n) is 1.53. The maximum atomic E-state index is 11.2. The predicted molar refractivity (Wildman–Crippen MR) is 65.9 cm³/mol. The molecule has 2 aromatic rings. The van der Waals surface area contributed by atoms with Crippen LogP contribution >= 0.6 is 0 Å². The summed E-state index contributed by atoms with van der Waals surface area (Å²) >= 11 is 0. The number of hydrogen-bond donors (Lipinski definition) is 2. The Kier molecular flexibility index (Phi) is 3.45. The molecular formula is C13H14N2O2. The number of methoxy groups -OCH3 is 1. The number of nitrogens with one attached hydrogen (secondary N) is 2. The first-order valence-corrected chi connectivity index (χ1v) is 5.34. The highest BCUT2D eigenvalue weighted by Crippen LogP contribution is 2.09. The van der Waals surface area contributed by atoms with Crippen molar-refractivity contribution in [3.05, 3.63) is 53.9 Å². The average Bonchev–Trinajstić information content (AvgIpc) is 2.85. The summed E-state index contributed by atoms with van der Waals surface area (Å²) in [5, 5.41) is 3.25. The molecule has 0 aliphatic rings. The molecule has 1 aromatic heterocycles. The van der Waals surface area contributed by atoms with Gasteiger partial charge in [0.1, 0.15) is 5.69 Å². The van der Waals surface area contributed by atoms with Gasteiger partial charge in [-0.3, -0.25) is 0 Å². The summed E-state index contributed by atoms with van der Waals surface area (Å²) in [7, 11) is 1.37. The van der Waals surface area contributed by atoms with Gasteiger partial charge in [-0.05, 0) is 24.3 Å². The minimum Gasteiger partial charge on any atom is -0.464 e. The highest BCUT2D eigenvalue weighted by molar-refractivity contribution is 5.87. The molecule has 0 saturated heterocycles. The van der Waals surface area contributed by atoms with Crippen molar-refractivity contribution < 1.29 is 9.53 Å². The number of anilines is 1. The van der Waals surface area contributed by atoms with Gasteiger partial charge in [-0.2, -0.15) is 0 Å². The SMILES string of the molecule is COC(=O)c1ccc(CNc2ccccc2)[nH]1. The number of carbonyl (C=O) groups is 1. The summed E-state index contributed by atoms with van der Waals surface area (Å²) in [6.45, 7) is 0.640. The highest BCUT2D eigenvalue weighted by Gasteiger charge is 2.07. The third-order valence-corrected chi connectivity index (χ3v) is 2.41. The normalized spacial score (nSPS) is 9.94. The predicted octanol–water partition coefficient (Wildman–Crippen LogP) is 2.41. The molecule has 2 rings (SSSR count). The minimum absolute atomic E-state index is 0.351. The van der Waals surface area contributed by atoms with Gasteiger partial charge in [-0.25, -0.2) is 4.79 Å². The molecular weight excluding hydrogens is 216 g/mol. The smallest absolute Gasteiger partial charge is 0.354 e. The Morgan fingerprint density at radius 2 is 2.00 bits per heavy atom. The van der Waals surface area contributed by atoms with Gasteiger partial charge in [0, 0.05) is 11.4 Å². The molecule has 4 heteroatoms. The van der Waals surface area contributed by atoms with Crippen LogP contribution < -0.4 is 5.32 Å². The van der Waals surface area contributed by atoms with Crippen molar-refractivity contribution in [3.63, 3.8) is 0 Å². The first-order chi connectivity index (χ1) is 8.29. The molecule has 2 N–H and O–H groups in total. The maximum absolute atomic E-state index is 11.2. The molecule has 0 radical (unpaired) electrons. The van der Waals surface area contributed by atoms with Gasteiger partial charge in [0.15, 0.2) is 0 Å². The molecule has 4 nitrogen and oxygen atoms in total. The molecule has 0 aliphatic carbocycles. The fourth-order valence-corrected chi connectivity index (χ4v) is 1.53. The molecule has 0 bridgehead atoms. The van der Waals surface area contributed by atoms with Crippen LogP contribution in [-0.4, -0.2) is 18.1 Å². The quantitative estimate of drug-likeness (QED) is 0.793. The number of para-hydroxylation sites is 1. The number of esters is 1. The van der Waals surface area contributed by atoms with Crippen LogP contribution in [0.1, 0.15) is 16.2 Å². The third-order valence-electron chi connectivity index (χ3n) is 2.41. The van der Waals surface area contributed by atoms with E-state index in [9.17, 15) is 4.79 Å². The van der Waals surface area contributed by atoms with E-state index in [1.807, 2.05) is 36.4 Å². The van der Waals surface area contributed by atoms with E-state index in [-0.39, 0.29) is 5.97 Å². The second kappa shape index (κ2) is 5.21. The molecule has 0 fully saturated rings. The number of carbonyl (C=O) groups excluding carboxylic acids is 1. The lowest BCUT2D eigenvalue weighted by Crippen LogP contribution is -2.03. The van der Waals surface area contributed by atoms with E-state index in [1.165, 1.54) is 7.11 Å². The zero-order valence-corrected chi connectivity index (χ0v) is 9.57. The molecule has 0 atom stereocenters. The molecule has 0 spiro atoms. The van der Waals surface area contributed by atoms with Gasteiger partial charge < -0.3 is 15.0 Å². The van der Waals surface area contributed by atoms with Gasteiger partial charge >= 0.3 is 5.97 Å². The number of ether oxygens (including phenoxy) is 1. The highest BCUT2D eigenvalue weighted by atomic mass is 16.5. The van der Waals surface area contributed by atoms with E-state index in [4.69, 9.17) is 0 Å². The van der Waals surface area contributed by atoms with Crippen molar-refractivity contribution in [3.8, 4) is 0 Å². The Bertz CT molecular complexity index is 491. The molecule has 1 heterocycles. The molecule has 0 saturated carbocycles. The van der Waals surface area contributed by atoms with Crippen molar-refractivity contribution in [2.24, 2.45) is 0 Å². The summed E-state index contributed by atoms with van der Waals surface area (Å²) in [6, 6.07) is 13.5. The summed E-state index contributed by atoms with van der Waals surface area (Å²) in [6.07, 6.45) is 0. The molecule has 0 aliphatic heterocycles. The number of hydrogen-bond acceptors (Lipinski definition) is 3. The summed E-state index contributed by atoms with van der Waals surface area (Å²) in [4.78, 5) is 14.2. The van der Waals surface area contributed by atoms with Gasteiger partial charge in [-0.15, -0.1) is 0 Å². The molecule has 88 valence electrons. The van der Waals surface area contributed by atoms with Crippen LogP contribution in [-0.2, 0) is 11.3 Å². The summed E-state index contributed by atoms with van der Waals surface area (Å²) in [5.74, 6) is -0.351. The summed E-state index contributed by atoms with van der Waals surface area (Å²) in [5.41, 5.74) is 2.45. The lowest BCUT2D eigenvalue weighted by Gasteiger charge is -2.04. The largest absolute Gasteiger partial charge is 0.464 e. The van der Waals surface area contributed by atoms with Crippen molar-refractivity contribution in [1.29, 1.82) is 0 Å². The standard InChI is InChI=1S/C13H14N2O2/c1-17-13(16)12-8-7-11(15-12)9-14-10-5-3-2-4-6-10/h2-8,14-15H,9H2,1H3. The Hall–Kier alpha value is -2.23. The van der Waals surface area contributed by atoms with E-state index in [1.54, 1.807) is 6.07 Å². The number of aromatic amines is 1. The Morgan fingerprint density at radius 1 is 1.24 bits per heavy atom. The summed E-state index contributed by atoms with van der Waals surface area (Å²) < 4.78 is 4.62. The van der Waals surface area contributed by atoms with E-state index in [0.717, 1.165) is 11.4 Å². The number of H-pyrrole nitrogens is 1. The fraction of sp³-hybridized carbons (Fsp3) is 0.154. The van der Waals surface area contributed by atoms with Crippen molar-refractivity contribution in [2.75, 3.05) is 12.4 Å². The van der Waals surface area contributed by atoms with E-state index in [0.29, 0.717) is 12.2 Å². The monoisotopic (exact) mass is 230 g/mol. The number of aromatic nitrogens is 1. The second-order valence-corrected chi connectivity index (χ2v) is 3.61. The Balaban J connectivity index is 1.96. The third kappa shape index (κ3) is 2.87. The van der Waals surface area contributed by atoms with Crippen LogP contribution in [0, 0.1) is 0 Å². The van der Waals surface area contributed by atoms with Crippen molar-refractivity contribution >= 4 is 11.7 Å². The van der Waals surface area contributed by atoms with Crippen LogP contribution in [0.4, 0.5) is 5.69 Å². The zero-order chi connectivity index (χ0) is 12.1. The first-order valence-electron chi connectivity index (χ1n) is 5.34. The molecule has 1 aromatic carbocycles. The molecule has 17 heavy (non-hydrogen) atoms. The zero-order valence-electron chi connectivity index (χ0n) is 9.57. The van der Waals surface area contributed by atoms with Crippen molar-refractivity contribution in [2.45, 2.75) is 6.54 Å². The van der Waals surface area contributed by atoms with Crippen LogP contribution in [0.15, 0.2) is 42.5 Å². The van der Waals surface area contributed by atoms with Crippen LogP contribution in [0.3, 0.4) is 0 Å². The van der Waals surface area contributed by atoms with E-state index in [2.05, 4.69) is 15.0 Å². The molecule has 0 amide bonds. The van der Waals surface area contributed by atoms with Gasteiger partial charge in [-0.1, -0.05) is 18.2 Å². The Morgan fingerprint density at radius 3 is 2.71 bits per heavy atom.